The lowest BCUT2D eigenvalue weighted by Crippen LogP contribution is -2.58. The van der Waals surface area contributed by atoms with Gasteiger partial charge >= 0.3 is 0 Å². The number of ether oxygens (including phenoxy) is 1. The molecule has 0 bridgehead atoms. The monoisotopic (exact) mass is 310 g/mol. The molecule has 1 heterocycles. The predicted molar refractivity (Wildman–Crippen MR) is 91.7 cm³/mol. The first-order valence-electron chi connectivity index (χ1n) is 7.83. The number of anilines is 1. The Morgan fingerprint density at radius 1 is 1.09 bits per heavy atom. The Bertz CT molecular complexity index is 724. The van der Waals surface area contributed by atoms with E-state index in [2.05, 4.69) is 5.32 Å². The zero-order chi connectivity index (χ0) is 16.6. The van der Waals surface area contributed by atoms with E-state index in [0.717, 1.165) is 17.0 Å². The summed E-state index contributed by atoms with van der Waals surface area (Å²) in [6.07, 6.45) is 0. The van der Waals surface area contributed by atoms with Crippen molar-refractivity contribution in [3.05, 3.63) is 59.7 Å². The third-order valence-corrected chi connectivity index (χ3v) is 4.40. The van der Waals surface area contributed by atoms with Crippen molar-refractivity contribution in [2.45, 2.75) is 32.5 Å². The van der Waals surface area contributed by atoms with Gasteiger partial charge in [0.15, 0.2) is 0 Å². The van der Waals surface area contributed by atoms with Crippen LogP contribution in [0.5, 0.6) is 5.75 Å². The first kappa shape index (κ1) is 15.4. The smallest absolute Gasteiger partial charge is 0.258 e. The number of para-hydroxylation sites is 1. The molecule has 1 aliphatic heterocycles. The first-order chi connectivity index (χ1) is 11.0. The summed E-state index contributed by atoms with van der Waals surface area (Å²) in [5.74, 6) is 0.851. The van der Waals surface area contributed by atoms with Crippen molar-refractivity contribution < 1.29 is 9.53 Å². The van der Waals surface area contributed by atoms with Crippen molar-refractivity contribution in [2.75, 3.05) is 12.4 Å². The molecule has 23 heavy (non-hydrogen) atoms. The fourth-order valence-corrected chi connectivity index (χ4v) is 3.31. The van der Waals surface area contributed by atoms with E-state index < -0.39 is 5.66 Å². The molecule has 120 valence electrons. The molecule has 1 N–H and O–H groups in total. The van der Waals surface area contributed by atoms with Crippen molar-refractivity contribution in [1.29, 1.82) is 0 Å². The van der Waals surface area contributed by atoms with E-state index >= 15 is 0 Å². The molecule has 4 nitrogen and oxygen atoms in total. The molecule has 3 rings (SSSR count). The van der Waals surface area contributed by atoms with Crippen LogP contribution in [0.1, 0.15) is 36.7 Å². The van der Waals surface area contributed by atoms with Gasteiger partial charge in [0.25, 0.3) is 5.91 Å². The molecule has 2 aromatic carbocycles. The average Bonchev–Trinajstić information content (AvgIpc) is 2.54. The molecule has 1 unspecified atom stereocenters. The van der Waals surface area contributed by atoms with Gasteiger partial charge in [-0.05, 0) is 50.6 Å². The largest absolute Gasteiger partial charge is 0.497 e. The number of methoxy groups -OCH3 is 1. The molecule has 4 heteroatoms. The molecule has 0 saturated heterocycles. The Labute approximate surface area is 137 Å². The van der Waals surface area contributed by atoms with Crippen molar-refractivity contribution in [3.8, 4) is 5.75 Å². The van der Waals surface area contributed by atoms with Gasteiger partial charge in [-0.25, -0.2) is 0 Å². The van der Waals surface area contributed by atoms with Gasteiger partial charge in [-0.2, -0.15) is 0 Å². The van der Waals surface area contributed by atoms with Crippen molar-refractivity contribution >= 4 is 11.6 Å². The highest BCUT2D eigenvalue weighted by Gasteiger charge is 2.43. The number of carbonyl (C=O) groups is 1. The van der Waals surface area contributed by atoms with Crippen LogP contribution in [0.15, 0.2) is 48.5 Å². The number of nitrogens with zero attached hydrogens (tertiary/aromatic N) is 1. The number of amides is 1. The number of nitrogens with one attached hydrogen (secondary N) is 1. The Kier molecular flexibility index (Phi) is 3.76. The molecule has 0 radical (unpaired) electrons. The summed E-state index contributed by atoms with van der Waals surface area (Å²) in [6, 6.07) is 15.6. The van der Waals surface area contributed by atoms with Crippen LogP contribution in [0.4, 0.5) is 5.69 Å². The summed E-state index contributed by atoms with van der Waals surface area (Å²) in [5, 5.41) is 3.55. The maximum absolute atomic E-state index is 13.0. The molecule has 0 aliphatic carbocycles. The topological polar surface area (TPSA) is 41.6 Å². The van der Waals surface area contributed by atoms with Crippen LogP contribution in [0, 0.1) is 0 Å². The van der Waals surface area contributed by atoms with E-state index in [0.29, 0.717) is 5.56 Å². The molecule has 2 aromatic rings. The highest BCUT2D eigenvalue weighted by atomic mass is 16.5. The van der Waals surface area contributed by atoms with Crippen LogP contribution in [0.25, 0.3) is 0 Å². The lowest BCUT2D eigenvalue weighted by atomic mass is 9.92. The third kappa shape index (κ3) is 2.44. The van der Waals surface area contributed by atoms with Crippen molar-refractivity contribution in [1.82, 2.24) is 4.90 Å². The van der Waals surface area contributed by atoms with Crippen molar-refractivity contribution in [3.63, 3.8) is 0 Å². The van der Waals surface area contributed by atoms with Gasteiger partial charge in [-0.15, -0.1) is 0 Å². The number of hydrogen-bond donors (Lipinski definition) is 1. The number of fused-ring (bicyclic) bond motifs is 1. The second-order valence-corrected chi connectivity index (χ2v) is 6.24. The minimum absolute atomic E-state index is 0.0488. The van der Waals surface area contributed by atoms with Crippen LogP contribution < -0.4 is 10.1 Å². The average molecular weight is 310 g/mol. The minimum Gasteiger partial charge on any atom is -0.497 e. The van der Waals surface area contributed by atoms with Gasteiger partial charge < -0.3 is 15.0 Å². The van der Waals surface area contributed by atoms with Crippen LogP contribution in [0.2, 0.25) is 0 Å². The molecular weight excluding hydrogens is 288 g/mol. The Morgan fingerprint density at radius 2 is 1.74 bits per heavy atom. The summed E-state index contributed by atoms with van der Waals surface area (Å²) in [5.41, 5.74) is 2.00. The lowest BCUT2D eigenvalue weighted by molar-refractivity contribution is 0.0434. The highest BCUT2D eigenvalue weighted by Crippen LogP contribution is 2.39. The lowest BCUT2D eigenvalue weighted by Gasteiger charge is -2.48. The Morgan fingerprint density at radius 3 is 2.35 bits per heavy atom. The maximum atomic E-state index is 13.0. The SMILES string of the molecule is COc1ccc(C2(C)Nc3ccccc3C(=O)N2C(C)C)cc1. The van der Waals surface area contributed by atoms with Gasteiger partial charge in [-0.1, -0.05) is 24.3 Å². The summed E-state index contributed by atoms with van der Waals surface area (Å²) >= 11 is 0. The van der Waals surface area contributed by atoms with E-state index in [1.54, 1.807) is 7.11 Å². The maximum Gasteiger partial charge on any atom is 0.258 e. The number of carbonyl (C=O) groups excluding carboxylic acids is 1. The quantitative estimate of drug-likeness (QED) is 0.936. The fourth-order valence-electron chi connectivity index (χ4n) is 3.31. The minimum atomic E-state index is -0.605. The summed E-state index contributed by atoms with van der Waals surface area (Å²) < 4.78 is 5.24. The molecule has 1 aliphatic rings. The second-order valence-electron chi connectivity index (χ2n) is 6.24. The standard InChI is InChI=1S/C19H22N2O2/c1-13(2)21-18(22)16-7-5-6-8-17(16)20-19(21,3)14-9-11-15(23-4)12-10-14/h5-13,20H,1-4H3. The predicted octanol–water partition coefficient (Wildman–Crippen LogP) is 3.84. The summed E-state index contributed by atoms with van der Waals surface area (Å²) in [7, 11) is 1.65. The fraction of sp³-hybridized carbons (Fsp3) is 0.316. The summed E-state index contributed by atoms with van der Waals surface area (Å²) in [4.78, 5) is 14.9. The molecule has 0 saturated carbocycles. The van der Waals surface area contributed by atoms with Crippen molar-refractivity contribution in [2.24, 2.45) is 0 Å². The number of hydrogen-bond acceptors (Lipinski definition) is 3. The normalized spacial score (nSPS) is 20.2. The summed E-state index contributed by atoms with van der Waals surface area (Å²) in [6.45, 7) is 6.12. The van der Waals surface area contributed by atoms with Gasteiger partial charge in [0, 0.05) is 11.7 Å². The van der Waals surface area contributed by atoms with Crippen LogP contribution >= 0.6 is 0 Å². The van der Waals surface area contributed by atoms with E-state index in [4.69, 9.17) is 4.74 Å². The van der Waals surface area contributed by atoms with Crippen LogP contribution in [-0.4, -0.2) is 24.0 Å². The van der Waals surface area contributed by atoms with E-state index in [1.807, 2.05) is 74.2 Å². The third-order valence-electron chi connectivity index (χ3n) is 4.40. The molecule has 0 spiro atoms. The highest BCUT2D eigenvalue weighted by molar-refractivity contribution is 6.02. The van der Waals surface area contributed by atoms with Gasteiger partial charge in [0.05, 0.1) is 12.7 Å². The molecule has 1 amide bonds. The van der Waals surface area contributed by atoms with E-state index in [9.17, 15) is 4.79 Å². The Hall–Kier alpha value is -2.49. The van der Waals surface area contributed by atoms with Crippen LogP contribution in [-0.2, 0) is 5.66 Å². The second kappa shape index (κ2) is 5.61. The zero-order valence-corrected chi connectivity index (χ0v) is 14.0. The number of benzene rings is 2. The zero-order valence-electron chi connectivity index (χ0n) is 14.0. The van der Waals surface area contributed by atoms with Crippen LogP contribution in [0.3, 0.4) is 0 Å². The van der Waals surface area contributed by atoms with E-state index in [1.165, 1.54) is 0 Å². The van der Waals surface area contributed by atoms with Gasteiger partial charge in [-0.3, -0.25) is 4.79 Å². The molecule has 0 aromatic heterocycles. The molecule has 0 fully saturated rings. The first-order valence-corrected chi connectivity index (χ1v) is 7.83. The molecule has 1 atom stereocenters. The van der Waals surface area contributed by atoms with Gasteiger partial charge in [0.1, 0.15) is 11.4 Å². The Balaban J connectivity index is 2.13. The molecular formula is C19H22N2O2. The van der Waals surface area contributed by atoms with Gasteiger partial charge in [0.2, 0.25) is 0 Å². The van der Waals surface area contributed by atoms with E-state index in [-0.39, 0.29) is 11.9 Å². The number of rotatable bonds is 3.